The molecule has 0 aromatic heterocycles. The highest BCUT2D eigenvalue weighted by atomic mass is 79.9. The molecule has 0 saturated heterocycles. The summed E-state index contributed by atoms with van der Waals surface area (Å²) < 4.78 is 1.10. The fourth-order valence-electron chi connectivity index (χ4n) is 2.35. The van der Waals surface area contributed by atoms with Crippen molar-refractivity contribution in [2.24, 2.45) is 5.92 Å². The van der Waals surface area contributed by atoms with Gasteiger partial charge in [0.2, 0.25) is 0 Å². The predicted octanol–water partition coefficient (Wildman–Crippen LogP) is 4.14. The third-order valence-electron chi connectivity index (χ3n) is 3.33. The van der Waals surface area contributed by atoms with E-state index in [1.165, 1.54) is 18.4 Å². The maximum Gasteiger partial charge on any atom is 0.136 e. The average Bonchev–Trinajstić information content (AvgIpc) is 2.48. The molecule has 1 unspecified atom stereocenters. The molecule has 0 spiro atoms. The van der Waals surface area contributed by atoms with Crippen molar-refractivity contribution in [1.82, 2.24) is 0 Å². The van der Waals surface area contributed by atoms with Crippen molar-refractivity contribution in [3.63, 3.8) is 0 Å². The number of hydrogen-bond donors (Lipinski definition) is 0. The van der Waals surface area contributed by atoms with Crippen molar-refractivity contribution in [2.75, 3.05) is 0 Å². The summed E-state index contributed by atoms with van der Waals surface area (Å²) in [6.45, 7) is 0. The summed E-state index contributed by atoms with van der Waals surface area (Å²) in [5.41, 5.74) is 1.28. The number of ketones is 1. The monoisotopic (exact) mass is 280 g/mol. The molecule has 0 heterocycles. The molecule has 1 aliphatic rings. The summed E-state index contributed by atoms with van der Waals surface area (Å²) in [4.78, 5) is 11.9. The first-order valence-corrected chi connectivity index (χ1v) is 6.82. The molecule has 16 heavy (non-hydrogen) atoms. The molecular weight excluding hydrogens is 264 g/mol. The summed E-state index contributed by atoms with van der Waals surface area (Å²) >= 11 is 3.43. The van der Waals surface area contributed by atoms with Crippen LogP contribution in [-0.2, 0) is 11.2 Å². The first-order valence-electron chi connectivity index (χ1n) is 6.03. The second kappa shape index (κ2) is 5.62. The van der Waals surface area contributed by atoms with Gasteiger partial charge >= 0.3 is 0 Å². The summed E-state index contributed by atoms with van der Waals surface area (Å²) in [5, 5.41) is 0. The van der Waals surface area contributed by atoms with Crippen molar-refractivity contribution in [1.29, 1.82) is 0 Å². The highest BCUT2D eigenvalue weighted by molar-refractivity contribution is 9.10. The van der Waals surface area contributed by atoms with E-state index in [0.717, 1.165) is 30.2 Å². The Bertz CT molecular complexity index is 356. The molecule has 1 nitrogen and oxygen atoms in total. The summed E-state index contributed by atoms with van der Waals surface area (Å²) in [6, 6.07) is 8.33. The zero-order valence-electron chi connectivity index (χ0n) is 9.42. The first-order chi connectivity index (χ1) is 7.75. The zero-order chi connectivity index (χ0) is 11.4. The van der Waals surface area contributed by atoms with E-state index >= 15 is 0 Å². The van der Waals surface area contributed by atoms with E-state index in [2.05, 4.69) is 40.2 Å². The number of rotatable bonds is 2. The normalized spacial score (nSPS) is 21.8. The molecule has 1 atom stereocenters. The molecule has 0 amide bonds. The van der Waals surface area contributed by atoms with E-state index in [9.17, 15) is 4.79 Å². The van der Waals surface area contributed by atoms with Crippen LogP contribution in [0.2, 0.25) is 0 Å². The van der Waals surface area contributed by atoms with Gasteiger partial charge in [0.05, 0.1) is 0 Å². The molecular formula is C14H17BrO. The number of hydrogen-bond acceptors (Lipinski definition) is 1. The second-order valence-electron chi connectivity index (χ2n) is 4.59. The van der Waals surface area contributed by atoms with E-state index in [0.29, 0.717) is 5.78 Å². The molecule has 86 valence electrons. The molecule has 0 bridgehead atoms. The third-order valence-corrected chi connectivity index (χ3v) is 3.86. The van der Waals surface area contributed by atoms with Crippen molar-refractivity contribution in [2.45, 2.75) is 38.5 Å². The van der Waals surface area contributed by atoms with Crippen LogP contribution in [0.15, 0.2) is 28.7 Å². The number of halogens is 1. The molecule has 1 aromatic rings. The molecule has 2 heteroatoms. The van der Waals surface area contributed by atoms with Gasteiger partial charge < -0.3 is 0 Å². The number of carbonyl (C=O) groups is 1. The molecule has 0 radical (unpaired) electrons. The number of carbonyl (C=O) groups excluding carboxylic acids is 1. The van der Waals surface area contributed by atoms with Crippen LogP contribution in [0.3, 0.4) is 0 Å². The minimum atomic E-state index is 0.267. The summed E-state index contributed by atoms with van der Waals surface area (Å²) in [5.74, 6) is 0.740. The van der Waals surface area contributed by atoms with Crippen LogP contribution >= 0.6 is 15.9 Å². The minimum Gasteiger partial charge on any atom is -0.299 e. The SMILES string of the molecule is O=C1CCCCCC1Cc1ccc(Br)cc1. The van der Waals surface area contributed by atoms with Gasteiger partial charge in [-0.25, -0.2) is 0 Å². The molecule has 2 rings (SSSR count). The number of Topliss-reactive ketones (excluding diaryl/α,β-unsaturated/α-hetero) is 1. The zero-order valence-corrected chi connectivity index (χ0v) is 11.0. The maximum absolute atomic E-state index is 11.9. The van der Waals surface area contributed by atoms with Gasteiger partial charge in [-0.15, -0.1) is 0 Å². The van der Waals surface area contributed by atoms with Crippen LogP contribution in [-0.4, -0.2) is 5.78 Å². The topological polar surface area (TPSA) is 17.1 Å². The van der Waals surface area contributed by atoms with E-state index in [-0.39, 0.29) is 5.92 Å². The lowest BCUT2D eigenvalue weighted by atomic mass is 9.91. The first kappa shape index (κ1) is 11.8. The lowest BCUT2D eigenvalue weighted by molar-refractivity contribution is -0.122. The molecule has 1 fully saturated rings. The Morgan fingerprint density at radius 1 is 1.12 bits per heavy atom. The van der Waals surface area contributed by atoms with Crippen LogP contribution in [0.25, 0.3) is 0 Å². The Hall–Kier alpha value is -0.630. The van der Waals surface area contributed by atoms with E-state index < -0.39 is 0 Å². The standard InChI is InChI=1S/C14H17BrO/c15-13-8-6-11(7-9-13)10-12-4-2-1-3-5-14(12)16/h6-9,12H,1-5,10H2. The van der Waals surface area contributed by atoms with Crippen LogP contribution in [0.1, 0.15) is 37.7 Å². The average molecular weight is 281 g/mol. The van der Waals surface area contributed by atoms with Crippen molar-refractivity contribution >= 4 is 21.7 Å². The van der Waals surface area contributed by atoms with Crippen molar-refractivity contribution < 1.29 is 4.79 Å². The quantitative estimate of drug-likeness (QED) is 0.744. The fourth-order valence-corrected chi connectivity index (χ4v) is 2.62. The number of benzene rings is 1. The largest absolute Gasteiger partial charge is 0.299 e. The van der Waals surface area contributed by atoms with Gasteiger partial charge in [0.1, 0.15) is 5.78 Å². The molecule has 0 aliphatic heterocycles. The van der Waals surface area contributed by atoms with Gasteiger partial charge in [0.25, 0.3) is 0 Å². The Kier molecular flexibility index (Phi) is 4.16. The smallest absolute Gasteiger partial charge is 0.136 e. The lowest BCUT2D eigenvalue weighted by Gasteiger charge is -2.12. The van der Waals surface area contributed by atoms with E-state index in [4.69, 9.17) is 0 Å². The molecule has 1 aliphatic carbocycles. The fraction of sp³-hybridized carbons (Fsp3) is 0.500. The highest BCUT2D eigenvalue weighted by Gasteiger charge is 2.20. The third kappa shape index (κ3) is 3.18. The van der Waals surface area contributed by atoms with Gasteiger partial charge in [0, 0.05) is 16.8 Å². The highest BCUT2D eigenvalue weighted by Crippen LogP contribution is 2.24. The summed E-state index contributed by atoms with van der Waals surface area (Å²) in [7, 11) is 0. The Balaban J connectivity index is 2.02. The van der Waals surface area contributed by atoms with Crippen molar-refractivity contribution in [3.05, 3.63) is 34.3 Å². The second-order valence-corrected chi connectivity index (χ2v) is 5.51. The Labute approximate surface area is 105 Å². The Morgan fingerprint density at radius 2 is 1.88 bits per heavy atom. The van der Waals surface area contributed by atoms with Gasteiger partial charge in [-0.05, 0) is 37.0 Å². The van der Waals surface area contributed by atoms with E-state index in [1.54, 1.807) is 0 Å². The Morgan fingerprint density at radius 3 is 2.62 bits per heavy atom. The van der Waals surface area contributed by atoms with Crippen LogP contribution in [0.4, 0.5) is 0 Å². The minimum absolute atomic E-state index is 0.267. The lowest BCUT2D eigenvalue weighted by Crippen LogP contribution is -2.15. The molecule has 1 saturated carbocycles. The van der Waals surface area contributed by atoms with Gasteiger partial charge in [-0.1, -0.05) is 40.9 Å². The van der Waals surface area contributed by atoms with Crippen LogP contribution in [0, 0.1) is 5.92 Å². The van der Waals surface area contributed by atoms with Crippen LogP contribution in [0.5, 0.6) is 0 Å². The summed E-state index contributed by atoms with van der Waals surface area (Å²) in [6.07, 6.45) is 6.33. The molecule has 1 aromatic carbocycles. The van der Waals surface area contributed by atoms with Crippen LogP contribution < -0.4 is 0 Å². The van der Waals surface area contributed by atoms with Crippen molar-refractivity contribution in [3.8, 4) is 0 Å². The van der Waals surface area contributed by atoms with Gasteiger partial charge in [-0.3, -0.25) is 4.79 Å². The molecule has 0 N–H and O–H groups in total. The maximum atomic E-state index is 11.9. The van der Waals surface area contributed by atoms with Gasteiger partial charge in [0.15, 0.2) is 0 Å². The predicted molar refractivity (Wildman–Crippen MR) is 69.4 cm³/mol. The van der Waals surface area contributed by atoms with E-state index in [1.807, 2.05) is 0 Å². The van der Waals surface area contributed by atoms with Gasteiger partial charge in [-0.2, -0.15) is 0 Å².